The first-order chi connectivity index (χ1) is 12.4. The maximum absolute atomic E-state index is 14.6. The summed E-state index contributed by atoms with van der Waals surface area (Å²) >= 11 is 0. The van der Waals surface area contributed by atoms with Gasteiger partial charge in [0.05, 0.1) is 10.5 Å². The molecule has 0 heterocycles. The van der Waals surface area contributed by atoms with Crippen LogP contribution in [0.25, 0.3) is 0 Å². The van der Waals surface area contributed by atoms with E-state index in [1.165, 1.54) is 31.1 Å². The van der Waals surface area contributed by atoms with Gasteiger partial charge in [0.15, 0.2) is 5.60 Å². The van der Waals surface area contributed by atoms with Gasteiger partial charge >= 0.3 is 12.1 Å². The van der Waals surface area contributed by atoms with Crippen LogP contribution in [0, 0.1) is 10.1 Å². The summed E-state index contributed by atoms with van der Waals surface area (Å²) in [4.78, 5) is 11.4. The van der Waals surface area contributed by atoms with Crippen LogP contribution in [0.4, 0.5) is 33.3 Å². The Morgan fingerprint density at radius 3 is 1.89 bits per heavy atom. The molecule has 1 atom stereocenters. The van der Waals surface area contributed by atoms with E-state index in [-0.39, 0.29) is 5.69 Å². The number of nitro benzene ring substituents is 1. The van der Waals surface area contributed by atoms with Crippen molar-refractivity contribution < 1.29 is 32.0 Å². The van der Waals surface area contributed by atoms with Gasteiger partial charge < -0.3 is 10.0 Å². The molecule has 0 saturated carbocycles. The van der Waals surface area contributed by atoms with Gasteiger partial charge in [0, 0.05) is 31.4 Å². The van der Waals surface area contributed by atoms with E-state index in [1.54, 1.807) is 0 Å². The normalized spacial score (nSPS) is 14.5. The van der Waals surface area contributed by atoms with E-state index in [0.717, 1.165) is 30.3 Å². The van der Waals surface area contributed by atoms with Crippen LogP contribution in [0.2, 0.25) is 0 Å². The second-order valence-electron chi connectivity index (χ2n) is 5.97. The fraction of sp³-hybridized carbons (Fsp3) is 0.294. The lowest BCUT2D eigenvalue weighted by Gasteiger charge is -2.38. The van der Waals surface area contributed by atoms with E-state index in [4.69, 9.17) is 0 Å². The van der Waals surface area contributed by atoms with E-state index < -0.39 is 39.4 Å². The van der Waals surface area contributed by atoms with Gasteiger partial charge in [-0.15, -0.1) is 0 Å². The Hall–Kier alpha value is -2.75. The molecular weight excluding hydrogens is 375 g/mol. The van der Waals surface area contributed by atoms with Crippen LogP contribution in [0.3, 0.4) is 0 Å². The van der Waals surface area contributed by atoms with Gasteiger partial charge in [0.2, 0.25) is 0 Å². The molecule has 0 aliphatic carbocycles. The average Bonchev–Trinajstić information content (AvgIpc) is 2.59. The Bertz CT molecular complexity index is 854. The zero-order valence-corrected chi connectivity index (χ0v) is 14.2. The lowest BCUT2D eigenvalue weighted by Crippen LogP contribution is -2.56. The highest BCUT2D eigenvalue weighted by molar-refractivity contribution is 5.62. The van der Waals surface area contributed by atoms with Crippen LogP contribution < -0.4 is 4.90 Å². The third-order valence-electron chi connectivity index (χ3n) is 4.08. The highest BCUT2D eigenvalue weighted by Crippen LogP contribution is 2.55. The highest BCUT2D eigenvalue weighted by Gasteiger charge is 2.72. The van der Waals surface area contributed by atoms with E-state index in [0.29, 0.717) is 6.07 Å². The number of hydrogen-bond acceptors (Lipinski definition) is 4. The van der Waals surface area contributed by atoms with Crippen molar-refractivity contribution in [2.45, 2.75) is 17.7 Å². The molecule has 1 unspecified atom stereocenters. The van der Waals surface area contributed by atoms with Gasteiger partial charge in [-0.25, -0.2) is 0 Å². The summed E-state index contributed by atoms with van der Waals surface area (Å²) < 4.78 is 69.1. The van der Waals surface area contributed by atoms with Gasteiger partial charge in [0.25, 0.3) is 5.69 Å². The Balaban J connectivity index is 2.99. The zero-order chi connectivity index (χ0) is 20.6. The Morgan fingerprint density at radius 1 is 0.926 bits per heavy atom. The predicted molar refractivity (Wildman–Crippen MR) is 87.9 cm³/mol. The smallest absolute Gasteiger partial charge is 0.377 e. The number of aliphatic hydroxyl groups is 1. The predicted octanol–water partition coefficient (Wildman–Crippen LogP) is 4.09. The van der Waals surface area contributed by atoms with Crippen molar-refractivity contribution in [1.29, 1.82) is 0 Å². The van der Waals surface area contributed by atoms with Crippen molar-refractivity contribution in [3.63, 3.8) is 0 Å². The number of alkyl halides is 5. The Kier molecular flexibility index (Phi) is 5.15. The quantitative estimate of drug-likeness (QED) is 0.474. The minimum atomic E-state index is -6.18. The summed E-state index contributed by atoms with van der Waals surface area (Å²) in [5, 5.41) is 22.1. The SMILES string of the molecule is CN(C)c1ccccc1C(O)(c1ccccc1[N+](=O)[O-])C(F)(F)C(F)(F)F. The minimum Gasteiger partial charge on any atom is -0.377 e. The molecule has 0 bridgehead atoms. The summed E-state index contributed by atoms with van der Waals surface area (Å²) in [6, 6.07) is 8.23. The fourth-order valence-corrected chi connectivity index (χ4v) is 2.80. The number of benzene rings is 2. The lowest BCUT2D eigenvalue weighted by atomic mass is 9.78. The highest BCUT2D eigenvalue weighted by atomic mass is 19.4. The molecule has 0 fully saturated rings. The minimum absolute atomic E-state index is 0.151. The largest absolute Gasteiger partial charge is 0.457 e. The molecule has 1 N–H and O–H groups in total. The monoisotopic (exact) mass is 390 g/mol. The van der Waals surface area contributed by atoms with Crippen molar-refractivity contribution in [2.75, 3.05) is 19.0 Å². The van der Waals surface area contributed by atoms with Gasteiger partial charge in [-0.3, -0.25) is 10.1 Å². The standard InChI is InChI=1S/C17H15F5N2O3/c1-23(2)13-9-5-3-7-11(13)15(25,16(18,19)17(20,21)22)12-8-4-6-10-14(12)24(26)27/h3-10,25H,1-2H3. The maximum atomic E-state index is 14.6. The molecule has 0 spiro atoms. The molecule has 10 heteroatoms. The second-order valence-corrected chi connectivity index (χ2v) is 5.97. The average molecular weight is 390 g/mol. The summed E-state index contributed by atoms with van der Waals surface area (Å²) in [7, 11) is 2.76. The van der Waals surface area contributed by atoms with E-state index >= 15 is 0 Å². The van der Waals surface area contributed by atoms with E-state index in [1.807, 2.05) is 0 Å². The van der Waals surface area contributed by atoms with Crippen molar-refractivity contribution in [3.8, 4) is 0 Å². The van der Waals surface area contributed by atoms with Crippen LogP contribution in [-0.4, -0.2) is 36.2 Å². The van der Waals surface area contributed by atoms with Crippen LogP contribution in [0.5, 0.6) is 0 Å². The second kappa shape index (κ2) is 6.76. The van der Waals surface area contributed by atoms with Crippen LogP contribution in [-0.2, 0) is 5.60 Å². The van der Waals surface area contributed by atoms with Crippen LogP contribution >= 0.6 is 0 Å². The number of nitro groups is 1. The molecule has 0 saturated heterocycles. The van der Waals surface area contributed by atoms with E-state index in [2.05, 4.69) is 0 Å². The Morgan fingerprint density at radius 2 is 1.41 bits per heavy atom. The summed E-state index contributed by atoms with van der Waals surface area (Å²) in [6.07, 6.45) is -6.18. The molecule has 2 aromatic rings. The third kappa shape index (κ3) is 3.20. The molecule has 0 aliphatic heterocycles. The number of halogens is 5. The van der Waals surface area contributed by atoms with Crippen molar-refractivity contribution in [3.05, 3.63) is 69.8 Å². The maximum Gasteiger partial charge on any atom is 0.457 e. The summed E-state index contributed by atoms with van der Waals surface area (Å²) in [5.74, 6) is -5.72. The molecule has 146 valence electrons. The number of para-hydroxylation sites is 2. The molecule has 27 heavy (non-hydrogen) atoms. The first kappa shape index (κ1) is 20.6. The lowest BCUT2D eigenvalue weighted by molar-refractivity contribution is -0.389. The number of rotatable bonds is 5. The number of nitrogens with zero attached hydrogens (tertiary/aromatic N) is 2. The van der Waals surface area contributed by atoms with Gasteiger partial charge in [-0.1, -0.05) is 30.3 Å². The number of hydrogen-bond donors (Lipinski definition) is 1. The molecule has 5 nitrogen and oxygen atoms in total. The van der Waals surface area contributed by atoms with Gasteiger partial charge in [-0.2, -0.15) is 22.0 Å². The fourth-order valence-electron chi connectivity index (χ4n) is 2.80. The van der Waals surface area contributed by atoms with Gasteiger partial charge in [-0.05, 0) is 12.1 Å². The summed E-state index contributed by atoms with van der Waals surface area (Å²) in [6.45, 7) is 0. The van der Waals surface area contributed by atoms with E-state index in [9.17, 15) is 37.2 Å². The van der Waals surface area contributed by atoms with Crippen molar-refractivity contribution in [2.24, 2.45) is 0 Å². The molecule has 2 aromatic carbocycles. The van der Waals surface area contributed by atoms with Crippen molar-refractivity contribution >= 4 is 11.4 Å². The van der Waals surface area contributed by atoms with Crippen LogP contribution in [0.1, 0.15) is 11.1 Å². The molecular formula is C17H15F5N2O3. The van der Waals surface area contributed by atoms with Gasteiger partial charge in [0.1, 0.15) is 0 Å². The summed E-state index contributed by atoms with van der Waals surface area (Å²) in [5.41, 5.74) is -7.21. The third-order valence-corrected chi connectivity index (χ3v) is 4.08. The first-order valence-corrected chi connectivity index (χ1v) is 7.53. The van der Waals surface area contributed by atoms with Crippen molar-refractivity contribution in [1.82, 2.24) is 0 Å². The molecule has 0 aromatic heterocycles. The number of anilines is 1. The first-order valence-electron chi connectivity index (χ1n) is 7.53. The molecule has 0 amide bonds. The molecule has 2 rings (SSSR count). The zero-order valence-electron chi connectivity index (χ0n) is 14.2. The molecule has 0 radical (unpaired) electrons. The Labute approximate surface area is 150 Å². The topological polar surface area (TPSA) is 66.6 Å². The molecule has 0 aliphatic rings. The van der Waals surface area contributed by atoms with Crippen LogP contribution in [0.15, 0.2) is 48.5 Å².